The van der Waals surface area contributed by atoms with Crippen LogP contribution in [0.25, 0.3) is 11.3 Å². The second kappa shape index (κ2) is 8.48. The van der Waals surface area contributed by atoms with Crippen molar-refractivity contribution in [3.63, 3.8) is 0 Å². The number of nitrogens with one attached hydrogen (secondary N) is 1. The van der Waals surface area contributed by atoms with Crippen LogP contribution in [-0.2, 0) is 22.4 Å². The number of aryl methyl sites for hydroxylation is 2. The molecule has 1 amide bonds. The highest BCUT2D eigenvalue weighted by atomic mass is 35.5. The average molecular weight is 394 g/mol. The molecule has 140 valence electrons. The number of carbonyl (C=O) groups is 1. The van der Waals surface area contributed by atoms with Gasteiger partial charge in [0.05, 0.1) is 11.7 Å². The third kappa shape index (κ3) is 4.09. The number of aromatic nitrogens is 1. The van der Waals surface area contributed by atoms with Gasteiger partial charge in [-0.25, -0.2) is 4.98 Å². The fourth-order valence-corrected chi connectivity index (χ4v) is 4.40. The molecule has 1 atom stereocenters. The lowest BCUT2D eigenvalue weighted by atomic mass is 9.92. The van der Waals surface area contributed by atoms with E-state index in [4.69, 9.17) is 10.5 Å². The fraction of sp³-hybridized carbons (Fsp3) is 0.474. The minimum atomic E-state index is -0.503. The molecule has 2 aromatic rings. The first-order valence-electron chi connectivity index (χ1n) is 8.92. The van der Waals surface area contributed by atoms with Gasteiger partial charge in [-0.1, -0.05) is 12.1 Å². The SMILES string of the molecule is Cl.NC(C(=O)Nc1nc(-c2ccc3c(c2)CCC3)cs1)C1CCOCC1. The predicted octanol–water partition coefficient (Wildman–Crippen LogP) is 3.41. The number of carbonyl (C=O) groups excluding carboxylic acids is 1. The van der Waals surface area contributed by atoms with Gasteiger partial charge in [0, 0.05) is 24.2 Å². The highest BCUT2D eigenvalue weighted by Crippen LogP contribution is 2.30. The number of rotatable bonds is 4. The first kappa shape index (κ1) is 19.3. The lowest BCUT2D eigenvalue weighted by molar-refractivity contribution is -0.119. The summed E-state index contributed by atoms with van der Waals surface area (Å²) in [6, 6.07) is 6.06. The Labute approximate surface area is 163 Å². The average Bonchev–Trinajstić information content (AvgIpc) is 3.30. The summed E-state index contributed by atoms with van der Waals surface area (Å²) < 4.78 is 5.33. The van der Waals surface area contributed by atoms with E-state index in [-0.39, 0.29) is 24.2 Å². The number of halogens is 1. The molecule has 2 aliphatic rings. The highest BCUT2D eigenvalue weighted by Gasteiger charge is 2.27. The van der Waals surface area contributed by atoms with Gasteiger partial charge < -0.3 is 15.8 Å². The maximum atomic E-state index is 12.4. The van der Waals surface area contributed by atoms with Gasteiger partial charge in [0.2, 0.25) is 5.91 Å². The Bertz CT molecular complexity index is 774. The van der Waals surface area contributed by atoms with Crippen LogP contribution in [0.1, 0.15) is 30.4 Å². The Morgan fingerprint density at radius 2 is 2.04 bits per heavy atom. The van der Waals surface area contributed by atoms with E-state index in [1.807, 2.05) is 5.38 Å². The van der Waals surface area contributed by atoms with Crippen molar-refractivity contribution in [3.05, 3.63) is 34.7 Å². The third-order valence-corrected chi connectivity index (χ3v) is 5.96. The molecular weight excluding hydrogens is 370 g/mol. The number of ether oxygens (including phenoxy) is 1. The molecule has 0 radical (unpaired) electrons. The molecule has 0 spiro atoms. The summed E-state index contributed by atoms with van der Waals surface area (Å²) in [5.41, 5.74) is 11.0. The summed E-state index contributed by atoms with van der Waals surface area (Å²) in [5, 5.41) is 5.49. The summed E-state index contributed by atoms with van der Waals surface area (Å²) >= 11 is 1.45. The smallest absolute Gasteiger partial charge is 0.243 e. The van der Waals surface area contributed by atoms with Crippen molar-refractivity contribution >= 4 is 34.8 Å². The van der Waals surface area contributed by atoms with Crippen LogP contribution in [-0.4, -0.2) is 30.1 Å². The van der Waals surface area contributed by atoms with Crippen LogP contribution < -0.4 is 11.1 Å². The molecule has 26 heavy (non-hydrogen) atoms. The van der Waals surface area contributed by atoms with Crippen molar-refractivity contribution in [1.29, 1.82) is 0 Å². The summed E-state index contributed by atoms with van der Waals surface area (Å²) in [6.45, 7) is 1.37. The van der Waals surface area contributed by atoms with Gasteiger partial charge in [-0.2, -0.15) is 0 Å². The van der Waals surface area contributed by atoms with Crippen molar-refractivity contribution in [2.45, 2.75) is 38.1 Å². The summed E-state index contributed by atoms with van der Waals surface area (Å²) in [5.74, 6) is 0.0339. The second-order valence-corrected chi connectivity index (χ2v) is 7.70. The Kier molecular flexibility index (Phi) is 6.29. The molecule has 2 heterocycles. The number of hydrogen-bond donors (Lipinski definition) is 2. The molecule has 4 rings (SSSR count). The van der Waals surface area contributed by atoms with Crippen molar-refractivity contribution in [2.75, 3.05) is 18.5 Å². The van der Waals surface area contributed by atoms with E-state index in [1.54, 1.807) is 0 Å². The van der Waals surface area contributed by atoms with E-state index in [2.05, 4.69) is 28.5 Å². The van der Waals surface area contributed by atoms with Gasteiger partial charge in [-0.05, 0) is 55.2 Å². The highest BCUT2D eigenvalue weighted by molar-refractivity contribution is 7.14. The topological polar surface area (TPSA) is 77.2 Å². The predicted molar refractivity (Wildman–Crippen MR) is 107 cm³/mol. The zero-order valence-electron chi connectivity index (χ0n) is 14.6. The van der Waals surface area contributed by atoms with E-state index in [0.29, 0.717) is 18.3 Å². The number of anilines is 1. The monoisotopic (exact) mass is 393 g/mol. The van der Waals surface area contributed by atoms with Crippen LogP contribution in [0, 0.1) is 5.92 Å². The quantitative estimate of drug-likeness (QED) is 0.834. The summed E-state index contributed by atoms with van der Waals surface area (Å²) in [7, 11) is 0. The molecule has 7 heteroatoms. The van der Waals surface area contributed by atoms with E-state index in [1.165, 1.54) is 35.3 Å². The van der Waals surface area contributed by atoms with Gasteiger partial charge in [-0.15, -0.1) is 23.7 Å². The van der Waals surface area contributed by atoms with E-state index in [9.17, 15) is 4.79 Å². The molecule has 5 nitrogen and oxygen atoms in total. The second-order valence-electron chi connectivity index (χ2n) is 6.84. The molecule has 1 aromatic heterocycles. The van der Waals surface area contributed by atoms with E-state index < -0.39 is 6.04 Å². The van der Waals surface area contributed by atoms with Crippen LogP contribution >= 0.6 is 23.7 Å². The number of benzene rings is 1. The minimum absolute atomic E-state index is 0. The van der Waals surface area contributed by atoms with Crippen molar-refractivity contribution in [2.24, 2.45) is 11.7 Å². The number of thiazole rings is 1. The Morgan fingerprint density at radius 3 is 2.85 bits per heavy atom. The van der Waals surface area contributed by atoms with Gasteiger partial charge >= 0.3 is 0 Å². The molecule has 1 fully saturated rings. The van der Waals surface area contributed by atoms with Gasteiger partial charge in [0.1, 0.15) is 0 Å². The van der Waals surface area contributed by atoms with Crippen LogP contribution in [0.4, 0.5) is 5.13 Å². The number of amides is 1. The molecule has 0 bridgehead atoms. The maximum absolute atomic E-state index is 12.4. The number of nitrogens with zero attached hydrogens (tertiary/aromatic N) is 1. The number of nitrogens with two attached hydrogens (primary N) is 1. The molecular formula is C19H24ClN3O2S. The lowest BCUT2D eigenvalue weighted by Crippen LogP contribution is -2.43. The first-order chi connectivity index (χ1) is 12.2. The fourth-order valence-electron chi connectivity index (χ4n) is 3.67. The van der Waals surface area contributed by atoms with E-state index >= 15 is 0 Å². The van der Waals surface area contributed by atoms with Crippen molar-refractivity contribution in [1.82, 2.24) is 4.98 Å². The Hall–Kier alpha value is -1.47. The van der Waals surface area contributed by atoms with Gasteiger partial charge in [0.15, 0.2) is 5.13 Å². The van der Waals surface area contributed by atoms with Gasteiger partial charge in [0.25, 0.3) is 0 Å². The molecule has 1 saturated heterocycles. The molecule has 1 aliphatic heterocycles. The molecule has 1 aliphatic carbocycles. The largest absolute Gasteiger partial charge is 0.381 e. The molecule has 1 aromatic carbocycles. The lowest BCUT2D eigenvalue weighted by Gasteiger charge is -2.26. The molecule has 1 unspecified atom stereocenters. The Balaban J connectivity index is 0.00000196. The first-order valence-corrected chi connectivity index (χ1v) is 9.80. The van der Waals surface area contributed by atoms with Crippen molar-refractivity contribution < 1.29 is 9.53 Å². The molecule has 3 N–H and O–H groups in total. The maximum Gasteiger partial charge on any atom is 0.243 e. The normalized spacial score (nSPS) is 18.0. The van der Waals surface area contributed by atoms with Crippen LogP contribution in [0.2, 0.25) is 0 Å². The zero-order chi connectivity index (χ0) is 17.2. The van der Waals surface area contributed by atoms with Crippen LogP contribution in [0.3, 0.4) is 0 Å². The minimum Gasteiger partial charge on any atom is -0.381 e. The van der Waals surface area contributed by atoms with Crippen LogP contribution in [0.5, 0.6) is 0 Å². The standard InChI is InChI=1S/C19H23N3O2S.ClH/c20-17(13-6-8-24-9-7-13)18(23)22-19-21-16(11-25-19)15-5-4-12-2-1-3-14(12)10-15;/h4-5,10-11,13,17H,1-3,6-9,20H2,(H,21,22,23);1H. The number of fused-ring (bicyclic) bond motifs is 1. The summed E-state index contributed by atoms with van der Waals surface area (Å²) in [4.78, 5) is 17.0. The van der Waals surface area contributed by atoms with E-state index in [0.717, 1.165) is 30.5 Å². The Morgan fingerprint density at radius 1 is 1.27 bits per heavy atom. The van der Waals surface area contributed by atoms with Crippen molar-refractivity contribution in [3.8, 4) is 11.3 Å². The zero-order valence-corrected chi connectivity index (χ0v) is 16.2. The van der Waals surface area contributed by atoms with Gasteiger partial charge in [-0.3, -0.25) is 4.79 Å². The third-order valence-electron chi connectivity index (χ3n) is 5.21. The van der Waals surface area contributed by atoms with Crippen LogP contribution in [0.15, 0.2) is 23.6 Å². The number of hydrogen-bond acceptors (Lipinski definition) is 5. The summed E-state index contributed by atoms with van der Waals surface area (Å²) in [6.07, 6.45) is 5.25. The molecule has 0 saturated carbocycles.